The summed E-state index contributed by atoms with van der Waals surface area (Å²) in [5.74, 6) is 1.24. The van der Waals surface area contributed by atoms with Crippen LogP contribution >= 0.6 is 12.4 Å². The highest BCUT2D eigenvalue weighted by atomic mass is 35.5. The SMILES string of the molecule is Cl.O=c1c(-n2ccnn2)c[nH]n1-c1cc(N2CCOCC2)ncn1. The number of hydrogen-bond donors (Lipinski definition) is 1. The predicted octanol–water partition coefficient (Wildman–Crippen LogP) is -0.205. The van der Waals surface area contributed by atoms with Crippen LogP contribution in [-0.4, -0.2) is 61.0 Å². The topological polar surface area (TPSA) is 107 Å². The number of halogens is 1. The van der Waals surface area contributed by atoms with Gasteiger partial charge in [-0.25, -0.2) is 14.6 Å². The van der Waals surface area contributed by atoms with Crippen molar-refractivity contribution in [3.63, 3.8) is 0 Å². The molecule has 0 bridgehead atoms. The summed E-state index contributed by atoms with van der Waals surface area (Å²) in [6.07, 6.45) is 6.13. The first-order chi connectivity index (χ1) is 11.3. The second kappa shape index (κ2) is 6.81. The van der Waals surface area contributed by atoms with Gasteiger partial charge in [-0.2, -0.15) is 4.68 Å². The maximum absolute atomic E-state index is 12.5. The van der Waals surface area contributed by atoms with Gasteiger partial charge in [0.15, 0.2) is 11.5 Å². The second-order valence-electron chi connectivity index (χ2n) is 4.98. The Morgan fingerprint density at radius 1 is 1.17 bits per heavy atom. The fourth-order valence-corrected chi connectivity index (χ4v) is 2.46. The molecule has 1 N–H and O–H groups in total. The molecular weight excluding hydrogens is 336 g/mol. The summed E-state index contributed by atoms with van der Waals surface area (Å²) >= 11 is 0. The lowest BCUT2D eigenvalue weighted by molar-refractivity contribution is 0.122. The Balaban J connectivity index is 0.00000169. The summed E-state index contributed by atoms with van der Waals surface area (Å²) < 4.78 is 8.09. The Morgan fingerprint density at radius 3 is 2.71 bits per heavy atom. The number of anilines is 1. The minimum absolute atomic E-state index is 0. The molecule has 3 aromatic heterocycles. The van der Waals surface area contributed by atoms with Crippen LogP contribution in [0.3, 0.4) is 0 Å². The van der Waals surface area contributed by atoms with Crippen molar-refractivity contribution in [3.8, 4) is 11.5 Å². The van der Waals surface area contributed by atoms with Gasteiger partial charge in [0.05, 0.1) is 31.8 Å². The number of aromatic nitrogens is 7. The summed E-state index contributed by atoms with van der Waals surface area (Å²) in [4.78, 5) is 23.1. The van der Waals surface area contributed by atoms with Crippen LogP contribution in [0.2, 0.25) is 0 Å². The normalized spacial score (nSPS) is 14.4. The van der Waals surface area contributed by atoms with Crippen molar-refractivity contribution in [1.82, 2.24) is 34.7 Å². The number of nitrogens with one attached hydrogen (secondary N) is 1. The van der Waals surface area contributed by atoms with Crippen LogP contribution in [0.1, 0.15) is 0 Å². The zero-order valence-corrected chi connectivity index (χ0v) is 13.4. The van der Waals surface area contributed by atoms with Gasteiger partial charge in [0.1, 0.15) is 12.1 Å². The van der Waals surface area contributed by atoms with Crippen LogP contribution in [0, 0.1) is 0 Å². The molecule has 4 rings (SSSR count). The summed E-state index contributed by atoms with van der Waals surface area (Å²) in [7, 11) is 0. The molecule has 1 aliphatic heterocycles. The van der Waals surface area contributed by atoms with Gasteiger partial charge in [-0.1, -0.05) is 5.21 Å². The van der Waals surface area contributed by atoms with Gasteiger partial charge in [0.2, 0.25) is 0 Å². The van der Waals surface area contributed by atoms with Crippen molar-refractivity contribution < 1.29 is 4.74 Å². The van der Waals surface area contributed by atoms with Crippen molar-refractivity contribution in [3.05, 3.63) is 41.3 Å². The molecular formula is C13H15ClN8O2. The third-order valence-electron chi connectivity index (χ3n) is 3.62. The summed E-state index contributed by atoms with van der Waals surface area (Å²) in [5, 5.41) is 10.4. The number of hydrogen-bond acceptors (Lipinski definition) is 7. The van der Waals surface area contributed by atoms with Gasteiger partial charge in [0.25, 0.3) is 5.56 Å². The minimum Gasteiger partial charge on any atom is -0.378 e. The number of nitrogens with zero attached hydrogens (tertiary/aromatic N) is 7. The third-order valence-corrected chi connectivity index (χ3v) is 3.62. The highest BCUT2D eigenvalue weighted by molar-refractivity contribution is 5.85. The molecule has 0 unspecified atom stereocenters. The monoisotopic (exact) mass is 350 g/mol. The first kappa shape index (κ1) is 16.1. The number of rotatable bonds is 3. The second-order valence-corrected chi connectivity index (χ2v) is 4.98. The van der Waals surface area contributed by atoms with Crippen molar-refractivity contribution in [2.24, 2.45) is 0 Å². The maximum atomic E-state index is 12.5. The Hall–Kier alpha value is -2.72. The van der Waals surface area contributed by atoms with Gasteiger partial charge in [-0.3, -0.25) is 9.89 Å². The largest absolute Gasteiger partial charge is 0.378 e. The van der Waals surface area contributed by atoms with E-state index in [4.69, 9.17) is 4.74 Å². The number of morpholine rings is 1. The molecule has 0 aromatic carbocycles. The first-order valence-electron chi connectivity index (χ1n) is 7.15. The maximum Gasteiger partial charge on any atom is 0.298 e. The van der Waals surface area contributed by atoms with Crippen molar-refractivity contribution in [1.29, 1.82) is 0 Å². The molecule has 0 radical (unpaired) electrons. The van der Waals surface area contributed by atoms with Crippen molar-refractivity contribution in [2.75, 3.05) is 31.2 Å². The Morgan fingerprint density at radius 2 is 1.96 bits per heavy atom. The molecule has 0 atom stereocenters. The highest BCUT2D eigenvalue weighted by Crippen LogP contribution is 2.14. The molecule has 126 valence electrons. The molecule has 1 fully saturated rings. The smallest absolute Gasteiger partial charge is 0.298 e. The van der Waals surface area contributed by atoms with E-state index in [1.54, 1.807) is 18.5 Å². The fourth-order valence-electron chi connectivity index (χ4n) is 2.46. The van der Waals surface area contributed by atoms with Crippen LogP contribution in [0.4, 0.5) is 5.82 Å². The van der Waals surface area contributed by atoms with Crippen LogP contribution in [0.5, 0.6) is 0 Å². The van der Waals surface area contributed by atoms with Gasteiger partial charge in [0, 0.05) is 19.2 Å². The van der Waals surface area contributed by atoms with E-state index in [9.17, 15) is 4.79 Å². The average molecular weight is 351 g/mol. The zero-order chi connectivity index (χ0) is 15.6. The standard InChI is InChI=1S/C13H14N8O2.ClH/c22-13-10(20-2-1-16-18-20)8-17-21(13)12-7-11(14-9-15-12)19-3-5-23-6-4-19;/h1-2,7-9,17H,3-6H2;1H. The fraction of sp³-hybridized carbons (Fsp3) is 0.308. The Labute approximate surface area is 142 Å². The molecule has 4 heterocycles. The lowest BCUT2D eigenvalue weighted by Crippen LogP contribution is -2.37. The molecule has 24 heavy (non-hydrogen) atoms. The quantitative estimate of drug-likeness (QED) is 0.696. The van der Waals surface area contributed by atoms with E-state index >= 15 is 0 Å². The number of aromatic amines is 1. The van der Waals surface area contributed by atoms with Crippen LogP contribution in [-0.2, 0) is 4.74 Å². The van der Waals surface area contributed by atoms with Gasteiger partial charge in [-0.05, 0) is 0 Å². The lowest BCUT2D eigenvalue weighted by Gasteiger charge is -2.27. The minimum atomic E-state index is -0.262. The van der Waals surface area contributed by atoms with E-state index < -0.39 is 0 Å². The molecule has 0 amide bonds. The molecule has 0 aliphatic carbocycles. The highest BCUT2D eigenvalue weighted by Gasteiger charge is 2.15. The Bertz CT molecular complexity index is 853. The number of ether oxygens (including phenoxy) is 1. The van der Waals surface area contributed by atoms with Crippen molar-refractivity contribution in [2.45, 2.75) is 0 Å². The average Bonchev–Trinajstić information content (AvgIpc) is 3.25. The number of H-pyrrole nitrogens is 1. The van der Waals surface area contributed by atoms with E-state index in [2.05, 4.69) is 30.3 Å². The zero-order valence-electron chi connectivity index (χ0n) is 12.6. The summed E-state index contributed by atoms with van der Waals surface area (Å²) in [6.45, 7) is 2.86. The Kier molecular flexibility index (Phi) is 4.58. The molecule has 1 saturated heterocycles. The molecule has 1 aliphatic rings. The predicted molar refractivity (Wildman–Crippen MR) is 87.2 cm³/mol. The van der Waals surface area contributed by atoms with Crippen LogP contribution in [0.25, 0.3) is 11.5 Å². The summed E-state index contributed by atoms with van der Waals surface area (Å²) in [6, 6.07) is 1.77. The molecule has 10 nitrogen and oxygen atoms in total. The van der Waals surface area contributed by atoms with Crippen LogP contribution < -0.4 is 10.5 Å². The van der Waals surface area contributed by atoms with Crippen molar-refractivity contribution >= 4 is 18.2 Å². The lowest BCUT2D eigenvalue weighted by atomic mass is 10.4. The van der Waals surface area contributed by atoms with Gasteiger partial charge >= 0.3 is 0 Å². The molecule has 0 spiro atoms. The van der Waals surface area contributed by atoms with Crippen LogP contribution in [0.15, 0.2) is 35.8 Å². The van der Waals surface area contributed by atoms with E-state index in [1.807, 2.05) is 0 Å². The van der Waals surface area contributed by atoms with E-state index in [0.717, 1.165) is 18.9 Å². The molecule has 11 heteroatoms. The first-order valence-corrected chi connectivity index (χ1v) is 7.15. The molecule has 3 aromatic rings. The molecule has 0 saturated carbocycles. The van der Waals surface area contributed by atoms with E-state index in [0.29, 0.717) is 24.7 Å². The summed E-state index contributed by atoms with van der Waals surface area (Å²) in [5.41, 5.74) is 0.108. The van der Waals surface area contributed by atoms with E-state index in [1.165, 1.54) is 21.9 Å². The van der Waals surface area contributed by atoms with Gasteiger partial charge < -0.3 is 9.64 Å². The third kappa shape index (κ3) is 2.88. The van der Waals surface area contributed by atoms with Gasteiger partial charge in [-0.15, -0.1) is 17.5 Å². The van der Waals surface area contributed by atoms with E-state index in [-0.39, 0.29) is 18.0 Å².